The van der Waals surface area contributed by atoms with Crippen LogP contribution in [0.1, 0.15) is 73.3 Å². The number of amides is 1. The fourth-order valence-corrected chi connectivity index (χ4v) is 5.00. The summed E-state index contributed by atoms with van der Waals surface area (Å²) in [7, 11) is 0. The second kappa shape index (κ2) is 9.38. The van der Waals surface area contributed by atoms with Crippen LogP contribution in [0.3, 0.4) is 0 Å². The molecule has 2 aromatic carbocycles. The Hall–Kier alpha value is -3.91. The summed E-state index contributed by atoms with van der Waals surface area (Å²) in [5.41, 5.74) is 2.72. The van der Waals surface area contributed by atoms with E-state index in [0.29, 0.717) is 57.0 Å². The minimum absolute atomic E-state index is 0.136. The highest BCUT2D eigenvalue weighted by molar-refractivity contribution is 5.97. The Balaban J connectivity index is 1.80. The number of carbonyl (C=O) groups excluding carboxylic acids is 1. The first-order valence-electron chi connectivity index (χ1n) is 13.2. The van der Waals surface area contributed by atoms with Crippen LogP contribution in [-0.2, 0) is 11.0 Å². The number of nitrogens with one attached hydrogen (secondary N) is 2. The molecule has 4 aromatic rings. The molecule has 0 aliphatic heterocycles. The number of aromatic nitrogens is 2. The number of hydrogen-bond acceptors (Lipinski definition) is 4. The highest BCUT2D eigenvalue weighted by Crippen LogP contribution is 2.47. The third-order valence-corrected chi connectivity index (χ3v) is 7.58. The maximum absolute atomic E-state index is 14.0. The lowest BCUT2D eigenvalue weighted by Crippen LogP contribution is -2.23. The van der Waals surface area contributed by atoms with Gasteiger partial charge in [-0.05, 0) is 99.9 Å². The molecule has 1 saturated carbocycles. The number of benzene rings is 2. The lowest BCUT2D eigenvalue weighted by Gasteiger charge is -2.23. The summed E-state index contributed by atoms with van der Waals surface area (Å²) in [6, 6.07) is 9.88. The Morgan fingerprint density at radius 3 is 2.44 bits per heavy atom. The number of carbonyl (C=O) groups is 1. The van der Waals surface area contributed by atoms with E-state index in [1.165, 1.54) is 12.1 Å². The van der Waals surface area contributed by atoms with Crippen LogP contribution < -0.4 is 15.5 Å². The Bertz CT molecular complexity index is 1650. The lowest BCUT2D eigenvalue weighted by atomic mass is 9.96. The highest BCUT2D eigenvalue weighted by atomic mass is 19.1. The van der Waals surface area contributed by atoms with Gasteiger partial charge in [-0.15, -0.1) is 0 Å². The van der Waals surface area contributed by atoms with E-state index in [1.807, 2.05) is 23.8 Å². The molecule has 0 unspecified atom stereocenters. The number of aromatic amines is 1. The monoisotopic (exact) mass is 531 g/mol. The number of halogens is 1. The van der Waals surface area contributed by atoms with Crippen molar-refractivity contribution in [2.24, 2.45) is 0 Å². The zero-order valence-corrected chi connectivity index (χ0v) is 23.2. The minimum atomic E-state index is -1.15. The summed E-state index contributed by atoms with van der Waals surface area (Å²) < 4.78 is 22.3. The molecule has 0 atom stereocenters. The summed E-state index contributed by atoms with van der Waals surface area (Å²) in [6.45, 7) is 11.3. The van der Waals surface area contributed by atoms with Crippen LogP contribution >= 0.6 is 0 Å². The Labute approximate surface area is 226 Å². The average Bonchev–Trinajstić information content (AvgIpc) is 3.43. The second-order valence-electron chi connectivity index (χ2n) is 11.3. The Morgan fingerprint density at radius 1 is 1.18 bits per heavy atom. The molecular weight excluding hydrogens is 497 g/mol. The third-order valence-electron chi connectivity index (χ3n) is 7.58. The van der Waals surface area contributed by atoms with Gasteiger partial charge in [0.25, 0.3) is 5.91 Å². The summed E-state index contributed by atoms with van der Waals surface area (Å²) >= 11 is 0. The molecule has 1 aliphatic carbocycles. The first kappa shape index (κ1) is 26.7. The molecule has 8 heteroatoms. The van der Waals surface area contributed by atoms with Crippen molar-refractivity contribution >= 4 is 16.9 Å². The second-order valence-corrected chi connectivity index (χ2v) is 11.3. The summed E-state index contributed by atoms with van der Waals surface area (Å²) in [5.74, 6) is 0.332. The van der Waals surface area contributed by atoms with Crippen molar-refractivity contribution < 1.29 is 19.0 Å². The number of aryl methyl sites for hydroxylation is 2. The normalized spacial score (nSPS) is 14.5. The van der Waals surface area contributed by atoms with Gasteiger partial charge in [-0.25, -0.2) is 4.39 Å². The first-order chi connectivity index (χ1) is 18.3. The van der Waals surface area contributed by atoms with Gasteiger partial charge in [-0.3, -0.25) is 9.59 Å². The van der Waals surface area contributed by atoms with E-state index in [2.05, 4.69) is 17.2 Å². The Kier molecular flexibility index (Phi) is 6.42. The molecule has 7 nitrogen and oxygen atoms in total. The largest absolute Gasteiger partial charge is 0.455 e. The Morgan fingerprint density at radius 2 is 1.85 bits per heavy atom. The van der Waals surface area contributed by atoms with Gasteiger partial charge in [-0.2, -0.15) is 0 Å². The van der Waals surface area contributed by atoms with Crippen molar-refractivity contribution in [3.8, 4) is 17.2 Å². The molecule has 0 saturated heterocycles. The smallest absolute Gasteiger partial charge is 0.267 e. The van der Waals surface area contributed by atoms with E-state index in [-0.39, 0.29) is 28.3 Å². The predicted molar refractivity (Wildman–Crippen MR) is 150 cm³/mol. The number of rotatable bonds is 7. The molecule has 2 aromatic heterocycles. The summed E-state index contributed by atoms with van der Waals surface area (Å²) in [5, 5.41) is 13.6. The zero-order chi connectivity index (χ0) is 28.3. The number of pyridine rings is 1. The molecule has 1 aliphatic rings. The van der Waals surface area contributed by atoms with Crippen LogP contribution in [0.25, 0.3) is 16.7 Å². The minimum Gasteiger partial charge on any atom is -0.455 e. The van der Waals surface area contributed by atoms with Crippen LogP contribution in [0.5, 0.6) is 11.5 Å². The van der Waals surface area contributed by atoms with Crippen LogP contribution in [0.15, 0.2) is 47.4 Å². The van der Waals surface area contributed by atoms with Crippen molar-refractivity contribution in [3.63, 3.8) is 0 Å². The van der Waals surface area contributed by atoms with Crippen molar-refractivity contribution in [2.45, 2.75) is 65.4 Å². The van der Waals surface area contributed by atoms with Crippen LogP contribution in [0, 0.1) is 19.7 Å². The number of ether oxygens (including phenoxy) is 1. The average molecular weight is 532 g/mol. The lowest BCUT2D eigenvalue weighted by molar-refractivity contribution is 0.0785. The number of aliphatic hydroxyl groups is 1. The van der Waals surface area contributed by atoms with Gasteiger partial charge in [0.15, 0.2) is 5.75 Å². The van der Waals surface area contributed by atoms with Gasteiger partial charge in [0.05, 0.1) is 16.8 Å². The van der Waals surface area contributed by atoms with E-state index in [9.17, 15) is 19.1 Å². The standard InChI is InChI=1S/C31H34FN3O4/c1-7-33-29(37)22-15-24-26(34-22)27(36)21(31(6)10-11-31)16-35(24)23-14-19(30(4,5)38)8-9-25(23)39-28-17(2)12-20(32)13-18(28)3/h8-9,12-16,34,38H,7,10-11H2,1-6H3,(H,33,37). The molecule has 1 fully saturated rings. The molecule has 39 heavy (non-hydrogen) atoms. The van der Waals surface area contributed by atoms with Crippen LogP contribution in [0.4, 0.5) is 4.39 Å². The van der Waals surface area contributed by atoms with Crippen molar-refractivity contribution in [1.29, 1.82) is 0 Å². The SMILES string of the molecule is CCNC(=O)c1cc2c([nH]1)c(=O)c(C1(C)CC1)cn2-c1cc(C(C)(C)O)ccc1Oc1c(C)cc(F)cc1C. The highest BCUT2D eigenvalue weighted by Gasteiger charge is 2.42. The molecule has 204 valence electrons. The van der Waals surface area contributed by atoms with E-state index in [1.54, 1.807) is 45.9 Å². The van der Waals surface area contributed by atoms with E-state index < -0.39 is 5.60 Å². The molecule has 0 radical (unpaired) electrons. The molecule has 2 heterocycles. The van der Waals surface area contributed by atoms with Gasteiger partial charge >= 0.3 is 0 Å². The fraction of sp³-hybridized carbons (Fsp3) is 0.355. The molecule has 5 rings (SSSR count). The van der Waals surface area contributed by atoms with E-state index in [0.717, 1.165) is 12.8 Å². The third kappa shape index (κ3) is 4.85. The van der Waals surface area contributed by atoms with Crippen molar-refractivity contribution in [2.75, 3.05) is 6.54 Å². The quantitative estimate of drug-likeness (QED) is 0.277. The molecule has 1 amide bonds. The zero-order valence-electron chi connectivity index (χ0n) is 23.2. The van der Waals surface area contributed by atoms with Gasteiger partial charge in [0.2, 0.25) is 5.43 Å². The summed E-state index contributed by atoms with van der Waals surface area (Å²) in [4.78, 5) is 29.4. The maximum atomic E-state index is 14.0. The summed E-state index contributed by atoms with van der Waals surface area (Å²) in [6.07, 6.45) is 3.60. The van der Waals surface area contributed by atoms with Crippen molar-refractivity contribution in [1.82, 2.24) is 14.9 Å². The number of H-pyrrole nitrogens is 1. The van der Waals surface area contributed by atoms with Gasteiger partial charge in [0, 0.05) is 18.3 Å². The maximum Gasteiger partial charge on any atom is 0.267 e. The van der Waals surface area contributed by atoms with Crippen LogP contribution in [0.2, 0.25) is 0 Å². The van der Waals surface area contributed by atoms with Crippen LogP contribution in [-0.4, -0.2) is 27.1 Å². The molecule has 0 bridgehead atoms. The molecule has 3 N–H and O–H groups in total. The fourth-order valence-electron chi connectivity index (χ4n) is 5.00. The number of fused-ring (bicyclic) bond motifs is 1. The van der Waals surface area contributed by atoms with Gasteiger partial charge in [-0.1, -0.05) is 13.0 Å². The molecule has 0 spiro atoms. The number of nitrogens with zero attached hydrogens (tertiary/aromatic N) is 1. The topological polar surface area (TPSA) is 96.4 Å². The predicted octanol–water partition coefficient (Wildman–Crippen LogP) is 5.90. The van der Waals surface area contributed by atoms with E-state index in [4.69, 9.17) is 4.74 Å². The van der Waals surface area contributed by atoms with E-state index >= 15 is 0 Å². The molecular formula is C31H34FN3O4. The van der Waals surface area contributed by atoms with Gasteiger partial charge < -0.3 is 24.7 Å². The van der Waals surface area contributed by atoms with Crippen molar-refractivity contribution in [3.05, 3.63) is 86.6 Å². The number of hydrogen-bond donors (Lipinski definition) is 3. The van der Waals surface area contributed by atoms with Gasteiger partial charge in [0.1, 0.15) is 22.8 Å². The first-order valence-corrected chi connectivity index (χ1v) is 13.2.